The molecule has 0 amide bonds. The van der Waals surface area contributed by atoms with E-state index in [9.17, 15) is 34.5 Å². The largest absolute Gasteiger partial charge is 0.463 e. The summed E-state index contributed by atoms with van der Waals surface area (Å²) in [7, 11) is 0. The first-order valence-corrected chi connectivity index (χ1v) is 19.5. The van der Waals surface area contributed by atoms with E-state index < -0.39 is 86.6 Å². The zero-order valence-electron chi connectivity index (χ0n) is 31.7. The van der Waals surface area contributed by atoms with Crippen molar-refractivity contribution >= 4 is 23.9 Å². The molecule has 0 spiro atoms. The number of carbonyl (C=O) groups excluding carboxylic acids is 4. The fourth-order valence-electron chi connectivity index (χ4n) is 5.95. The molecule has 7 atom stereocenters. The maximum Gasteiger partial charge on any atom is 0.306 e. The van der Waals surface area contributed by atoms with E-state index in [1.165, 1.54) is 58.3 Å². The normalized spacial score (nSPS) is 21.4. The van der Waals surface area contributed by atoms with Gasteiger partial charge in [-0.05, 0) is 12.8 Å². The number of aliphatic hydroxyl groups is 3. The zero-order valence-corrected chi connectivity index (χ0v) is 31.7. The standard InChI is InChI=1S/C38H68O13/c1-5-7-9-11-13-15-17-19-21-23-33(44)50-36-35(48-29(4)41)32(27-46-28(3)40)49-38(47-26-31(43)30(42)25-39)37(36)51-34(45)24-22-20-18-16-14-12-10-8-6-2/h30-32,35-39,42-43H,5-27H2,1-4H3/t30-,31-,32-,35-,36+,37+,38-/m1/s1. The van der Waals surface area contributed by atoms with E-state index in [2.05, 4.69) is 13.8 Å². The SMILES string of the molecule is CCCCCCCCCCCC(=O)O[C@@H]1[C@H](OC(=O)CCCCCCCCCCC)[C@H](OC[C@@H](O)[C@H](O)CO)O[C@H](COC(C)=O)[C@H]1OC(C)=O. The van der Waals surface area contributed by atoms with Crippen LogP contribution in [0.25, 0.3) is 0 Å². The molecule has 3 N–H and O–H groups in total. The molecule has 1 heterocycles. The number of aliphatic hydroxyl groups excluding tert-OH is 3. The minimum Gasteiger partial charge on any atom is -0.463 e. The second kappa shape index (κ2) is 29.2. The van der Waals surface area contributed by atoms with Gasteiger partial charge in [0, 0.05) is 26.7 Å². The molecular formula is C38H68O13. The Balaban J connectivity index is 3.10. The van der Waals surface area contributed by atoms with Gasteiger partial charge in [-0.2, -0.15) is 0 Å². The first-order valence-electron chi connectivity index (χ1n) is 19.5. The molecule has 1 aliphatic rings. The Labute approximate surface area is 305 Å². The van der Waals surface area contributed by atoms with Crippen molar-refractivity contribution in [2.75, 3.05) is 19.8 Å². The molecule has 0 aromatic rings. The summed E-state index contributed by atoms with van der Waals surface area (Å²) in [6, 6.07) is 0. The summed E-state index contributed by atoms with van der Waals surface area (Å²) < 4.78 is 34.2. The summed E-state index contributed by atoms with van der Waals surface area (Å²) in [6.45, 7) is 4.99. The summed E-state index contributed by atoms with van der Waals surface area (Å²) >= 11 is 0. The number of hydrogen-bond donors (Lipinski definition) is 3. The molecule has 0 unspecified atom stereocenters. The number of esters is 4. The molecule has 0 saturated carbocycles. The summed E-state index contributed by atoms with van der Waals surface area (Å²) in [5.41, 5.74) is 0. The summed E-state index contributed by atoms with van der Waals surface area (Å²) in [5.74, 6) is -2.61. The number of ether oxygens (including phenoxy) is 6. The molecule has 51 heavy (non-hydrogen) atoms. The highest BCUT2D eigenvalue weighted by Gasteiger charge is 2.53. The van der Waals surface area contributed by atoms with Gasteiger partial charge in [-0.3, -0.25) is 19.2 Å². The highest BCUT2D eigenvalue weighted by molar-refractivity contribution is 5.71. The molecule has 298 valence electrons. The first-order chi connectivity index (χ1) is 24.5. The minimum absolute atomic E-state index is 0.0686. The molecule has 1 rings (SSSR count). The lowest BCUT2D eigenvalue weighted by atomic mass is 9.97. The first kappa shape index (κ1) is 46.7. The molecule has 1 fully saturated rings. The van der Waals surface area contributed by atoms with E-state index in [0.29, 0.717) is 12.8 Å². The molecule has 0 bridgehead atoms. The third-order valence-electron chi connectivity index (χ3n) is 8.91. The van der Waals surface area contributed by atoms with Gasteiger partial charge in [-0.25, -0.2) is 0 Å². The molecule has 13 nitrogen and oxygen atoms in total. The van der Waals surface area contributed by atoms with Crippen molar-refractivity contribution in [2.45, 2.75) is 199 Å². The fourth-order valence-corrected chi connectivity index (χ4v) is 5.95. The van der Waals surface area contributed by atoms with Gasteiger partial charge >= 0.3 is 23.9 Å². The second-order valence-corrected chi connectivity index (χ2v) is 13.6. The summed E-state index contributed by atoms with van der Waals surface area (Å²) in [6.07, 6.45) is 9.11. The Kier molecular flexibility index (Phi) is 26.7. The summed E-state index contributed by atoms with van der Waals surface area (Å²) in [5, 5.41) is 29.4. The smallest absolute Gasteiger partial charge is 0.306 e. The number of rotatable bonds is 30. The fraction of sp³-hybridized carbons (Fsp3) is 0.895. The highest BCUT2D eigenvalue weighted by atomic mass is 16.7. The van der Waals surface area contributed by atoms with Gasteiger partial charge in [0.05, 0.1) is 13.2 Å². The van der Waals surface area contributed by atoms with Gasteiger partial charge in [0.25, 0.3) is 0 Å². The van der Waals surface area contributed by atoms with E-state index in [0.717, 1.165) is 58.3 Å². The van der Waals surface area contributed by atoms with Crippen LogP contribution in [-0.2, 0) is 47.6 Å². The molecule has 0 aromatic carbocycles. The van der Waals surface area contributed by atoms with E-state index in [1.807, 2.05) is 0 Å². The van der Waals surface area contributed by atoms with Crippen LogP contribution >= 0.6 is 0 Å². The van der Waals surface area contributed by atoms with E-state index >= 15 is 0 Å². The molecule has 0 aromatic heterocycles. The van der Waals surface area contributed by atoms with Crippen LogP contribution < -0.4 is 0 Å². The van der Waals surface area contributed by atoms with Crippen LogP contribution in [-0.4, -0.2) is 102 Å². The second-order valence-electron chi connectivity index (χ2n) is 13.6. The molecular weight excluding hydrogens is 664 g/mol. The average Bonchev–Trinajstić information content (AvgIpc) is 3.09. The Morgan fingerprint density at radius 3 is 1.47 bits per heavy atom. The van der Waals surface area contributed by atoms with Gasteiger partial charge in [0.2, 0.25) is 0 Å². The van der Waals surface area contributed by atoms with Crippen LogP contribution in [0.2, 0.25) is 0 Å². The van der Waals surface area contributed by atoms with Crippen LogP contribution in [0.4, 0.5) is 0 Å². The van der Waals surface area contributed by atoms with Crippen molar-refractivity contribution in [3.8, 4) is 0 Å². The van der Waals surface area contributed by atoms with E-state index in [-0.39, 0.29) is 12.8 Å². The molecule has 1 saturated heterocycles. The lowest BCUT2D eigenvalue weighted by molar-refractivity contribution is -0.312. The predicted octanol–water partition coefficient (Wildman–Crippen LogP) is 5.60. The topological polar surface area (TPSA) is 184 Å². The number of carbonyl (C=O) groups is 4. The quantitative estimate of drug-likeness (QED) is 0.0471. The van der Waals surface area contributed by atoms with Gasteiger partial charge < -0.3 is 43.7 Å². The minimum atomic E-state index is -1.54. The van der Waals surface area contributed by atoms with Gasteiger partial charge in [0.1, 0.15) is 24.9 Å². The maximum absolute atomic E-state index is 13.2. The van der Waals surface area contributed by atoms with Gasteiger partial charge in [0.15, 0.2) is 24.6 Å². The lowest BCUT2D eigenvalue weighted by Gasteiger charge is -2.44. The average molecular weight is 733 g/mol. The molecule has 13 heteroatoms. The molecule has 1 aliphatic heterocycles. The number of unbranched alkanes of at least 4 members (excludes halogenated alkanes) is 16. The third kappa shape index (κ3) is 21.7. The molecule has 0 radical (unpaired) electrons. The summed E-state index contributed by atoms with van der Waals surface area (Å²) in [4.78, 5) is 50.4. The van der Waals surface area contributed by atoms with Crippen LogP contribution in [0.15, 0.2) is 0 Å². The third-order valence-corrected chi connectivity index (χ3v) is 8.91. The lowest BCUT2D eigenvalue weighted by Crippen LogP contribution is -2.63. The van der Waals surface area contributed by atoms with Crippen molar-refractivity contribution < 1.29 is 62.9 Å². The van der Waals surface area contributed by atoms with Gasteiger partial charge in [-0.1, -0.05) is 117 Å². The Hall–Kier alpha value is -2.32. The van der Waals surface area contributed by atoms with Crippen molar-refractivity contribution in [1.29, 1.82) is 0 Å². The molecule has 0 aliphatic carbocycles. The van der Waals surface area contributed by atoms with Crippen molar-refractivity contribution in [3.63, 3.8) is 0 Å². The van der Waals surface area contributed by atoms with Crippen molar-refractivity contribution in [2.24, 2.45) is 0 Å². The predicted molar refractivity (Wildman–Crippen MR) is 189 cm³/mol. The Morgan fingerprint density at radius 2 is 1.04 bits per heavy atom. The monoisotopic (exact) mass is 732 g/mol. The van der Waals surface area contributed by atoms with Crippen molar-refractivity contribution in [3.05, 3.63) is 0 Å². The Bertz CT molecular complexity index is 945. The highest BCUT2D eigenvalue weighted by Crippen LogP contribution is 2.31. The van der Waals surface area contributed by atoms with E-state index in [1.54, 1.807) is 0 Å². The zero-order chi connectivity index (χ0) is 37.9. The maximum atomic E-state index is 13.2. The van der Waals surface area contributed by atoms with Crippen molar-refractivity contribution in [1.82, 2.24) is 0 Å². The Morgan fingerprint density at radius 1 is 0.588 bits per heavy atom. The van der Waals surface area contributed by atoms with Crippen LogP contribution in [0.3, 0.4) is 0 Å². The van der Waals surface area contributed by atoms with Crippen LogP contribution in [0, 0.1) is 0 Å². The van der Waals surface area contributed by atoms with Crippen LogP contribution in [0.5, 0.6) is 0 Å². The number of hydrogen-bond acceptors (Lipinski definition) is 13. The van der Waals surface area contributed by atoms with Crippen LogP contribution in [0.1, 0.15) is 156 Å². The van der Waals surface area contributed by atoms with Gasteiger partial charge in [-0.15, -0.1) is 0 Å². The van der Waals surface area contributed by atoms with E-state index in [4.69, 9.17) is 28.4 Å².